The molecular formula is C13H12Cl2N2O3S. The second-order valence-electron chi connectivity index (χ2n) is 4.50. The van der Waals surface area contributed by atoms with Crippen molar-refractivity contribution in [2.75, 3.05) is 13.6 Å². The van der Waals surface area contributed by atoms with Gasteiger partial charge in [-0.2, -0.15) is 0 Å². The summed E-state index contributed by atoms with van der Waals surface area (Å²) < 4.78 is 0. The lowest BCUT2D eigenvalue weighted by Gasteiger charge is -2.14. The molecule has 2 aromatic rings. The quantitative estimate of drug-likeness (QED) is 0.872. The van der Waals surface area contributed by atoms with Crippen LogP contribution in [0.4, 0.5) is 0 Å². The number of thiazole rings is 1. The molecule has 0 saturated heterocycles. The van der Waals surface area contributed by atoms with Gasteiger partial charge in [0.2, 0.25) is 0 Å². The zero-order chi connectivity index (χ0) is 15.6. The number of hydrogen-bond donors (Lipinski definition) is 2. The molecule has 0 radical (unpaired) electrons. The van der Waals surface area contributed by atoms with Crippen molar-refractivity contribution in [2.45, 2.75) is 6.54 Å². The Morgan fingerprint density at radius 3 is 2.76 bits per heavy atom. The van der Waals surface area contributed by atoms with E-state index in [9.17, 15) is 9.59 Å². The first-order valence-electron chi connectivity index (χ1n) is 5.94. The van der Waals surface area contributed by atoms with Crippen molar-refractivity contribution in [3.8, 4) is 11.3 Å². The summed E-state index contributed by atoms with van der Waals surface area (Å²) in [5.41, 5.74) is 1.27. The van der Waals surface area contributed by atoms with Gasteiger partial charge in [0.1, 0.15) is 0 Å². The molecule has 0 aliphatic rings. The summed E-state index contributed by atoms with van der Waals surface area (Å²) in [6.45, 7) is 0.226. The highest BCUT2D eigenvalue weighted by Crippen LogP contribution is 2.32. The molecule has 1 heterocycles. The van der Waals surface area contributed by atoms with E-state index in [4.69, 9.17) is 28.3 Å². The predicted molar refractivity (Wildman–Crippen MR) is 84.4 cm³/mol. The maximum absolute atomic E-state index is 11.6. The van der Waals surface area contributed by atoms with Gasteiger partial charge in [0.05, 0.1) is 17.3 Å². The van der Waals surface area contributed by atoms with E-state index in [0.29, 0.717) is 27.8 Å². The molecule has 8 heteroatoms. The Balaban J connectivity index is 2.36. The largest absolute Gasteiger partial charge is 0.480 e. The van der Waals surface area contributed by atoms with E-state index < -0.39 is 5.97 Å². The third kappa shape index (κ3) is 4.07. The highest BCUT2D eigenvalue weighted by atomic mass is 35.5. The minimum absolute atomic E-state index is 0.111. The number of aromatic amines is 1. The average molecular weight is 347 g/mol. The van der Waals surface area contributed by atoms with Crippen LogP contribution in [0.5, 0.6) is 0 Å². The third-order valence-electron chi connectivity index (χ3n) is 2.74. The number of likely N-dealkylation sites (N-methyl/N-ethyl adjacent to an activating group) is 1. The molecule has 5 nitrogen and oxygen atoms in total. The Kier molecular flexibility index (Phi) is 5.05. The normalized spacial score (nSPS) is 11.0. The molecule has 2 N–H and O–H groups in total. The number of nitrogens with one attached hydrogen (secondary N) is 1. The molecule has 0 unspecified atom stereocenters. The first-order valence-corrected chi connectivity index (χ1v) is 7.52. The third-order valence-corrected chi connectivity index (χ3v) is 4.16. The molecule has 0 amide bonds. The monoisotopic (exact) mass is 346 g/mol. The van der Waals surface area contributed by atoms with Crippen molar-refractivity contribution in [3.05, 3.63) is 42.8 Å². The molecule has 21 heavy (non-hydrogen) atoms. The van der Waals surface area contributed by atoms with E-state index in [2.05, 4.69) is 4.98 Å². The van der Waals surface area contributed by atoms with Gasteiger partial charge in [-0.15, -0.1) is 0 Å². The van der Waals surface area contributed by atoms with Gasteiger partial charge in [0.25, 0.3) is 0 Å². The van der Waals surface area contributed by atoms with Gasteiger partial charge in [0, 0.05) is 22.0 Å². The number of aliphatic carboxylic acids is 1. The number of benzene rings is 1. The van der Waals surface area contributed by atoms with Gasteiger partial charge in [-0.25, -0.2) is 0 Å². The topological polar surface area (TPSA) is 73.4 Å². The van der Waals surface area contributed by atoms with Crippen LogP contribution in [0.2, 0.25) is 10.0 Å². The number of aromatic nitrogens is 1. The fourth-order valence-electron chi connectivity index (χ4n) is 1.91. The SMILES string of the molecule is CN(CC(=O)O)Cc1sc(=O)[nH]c1-c1ccc(Cl)cc1Cl. The van der Waals surface area contributed by atoms with E-state index in [0.717, 1.165) is 16.2 Å². The van der Waals surface area contributed by atoms with Crippen LogP contribution in [0.1, 0.15) is 4.88 Å². The molecule has 0 spiro atoms. The number of halogens is 2. The number of rotatable bonds is 5. The van der Waals surface area contributed by atoms with Gasteiger partial charge in [-0.05, 0) is 25.2 Å². The van der Waals surface area contributed by atoms with Crippen LogP contribution in [-0.2, 0) is 11.3 Å². The highest BCUT2D eigenvalue weighted by Gasteiger charge is 2.16. The van der Waals surface area contributed by atoms with Crippen molar-refractivity contribution in [1.82, 2.24) is 9.88 Å². The second-order valence-corrected chi connectivity index (χ2v) is 6.41. The number of carbonyl (C=O) groups is 1. The molecule has 0 fully saturated rings. The predicted octanol–water partition coefficient (Wildman–Crippen LogP) is 2.93. The summed E-state index contributed by atoms with van der Waals surface area (Å²) in [6, 6.07) is 5.01. The lowest BCUT2D eigenvalue weighted by atomic mass is 10.1. The number of carboxylic acids is 1. The van der Waals surface area contributed by atoms with Crippen molar-refractivity contribution in [3.63, 3.8) is 0 Å². The van der Waals surface area contributed by atoms with Gasteiger partial charge in [0.15, 0.2) is 0 Å². The van der Waals surface area contributed by atoms with Crippen molar-refractivity contribution >= 4 is 40.5 Å². The van der Waals surface area contributed by atoms with Crippen molar-refractivity contribution in [2.24, 2.45) is 0 Å². The molecule has 2 rings (SSSR count). The number of H-pyrrole nitrogens is 1. The Labute approximate surface area is 134 Å². The van der Waals surface area contributed by atoms with Crippen LogP contribution < -0.4 is 4.87 Å². The first kappa shape index (κ1) is 16.0. The molecule has 0 bridgehead atoms. The van der Waals surface area contributed by atoms with E-state index >= 15 is 0 Å². The smallest absolute Gasteiger partial charge is 0.317 e. The van der Waals surface area contributed by atoms with Crippen LogP contribution in [0.3, 0.4) is 0 Å². The maximum atomic E-state index is 11.6. The summed E-state index contributed by atoms with van der Waals surface area (Å²) in [7, 11) is 1.67. The van der Waals surface area contributed by atoms with Crippen LogP contribution in [0, 0.1) is 0 Å². The van der Waals surface area contributed by atoms with Crippen LogP contribution >= 0.6 is 34.5 Å². The molecule has 1 aromatic carbocycles. The fourth-order valence-corrected chi connectivity index (χ4v) is 3.34. The number of nitrogens with zero attached hydrogens (tertiary/aromatic N) is 1. The zero-order valence-electron chi connectivity index (χ0n) is 11.0. The molecule has 0 saturated carbocycles. The Hall–Kier alpha value is -1.34. The van der Waals surface area contributed by atoms with E-state index in [1.165, 1.54) is 0 Å². The second kappa shape index (κ2) is 6.62. The summed E-state index contributed by atoms with van der Waals surface area (Å²) in [5.74, 6) is -0.925. The fraction of sp³-hybridized carbons (Fsp3) is 0.231. The van der Waals surface area contributed by atoms with Crippen LogP contribution in [-0.4, -0.2) is 34.6 Å². The first-order chi connectivity index (χ1) is 9.86. The van der Waals surface area contributed by atoms with Gasteiger partial charge in [-0.1, -0.05) is 34.5 Å². The van der Waals surface area contributed by atoms with Gasteiger partial charge >= 0.3 is 10.8 Å². The summed E-state index contributed by atoms with van der Waals surface area (Å²) >= 11 is 13.1. The standard InChI is InChI=1S/C13H12Cl2N2O3S/c1-17(6-11(18)19)5-10-12(16-13(20)21-10)8-3-2-7(14)4-9(8)15/h2-4H,5-6H2,1H3,(H,16,20)(H,18,19). The van der Waals surface area contributed by atoms with E-state index in [1.54, 1.807) is 30.1 Å². The molecule has 112 valence electrons. The molecule has 1 aromatic heterocycles. The minimum Gasteiger partial charge on any atom is -0.480 e. The van der Waals surface area contributed by atoms with Crippen LogP contribution in [0.25, 0.3) is 11.3 Å². The van der Waals surface area contributed by atoms with Gasteiger partial charge in [-0.3, -0.25) is 14.5 Å². The zero-order valence-corrected chi connectivity index (χ0v) is 13.3. The molecule has 0 aliphatic heterocycles. The lowest BCUT2D eigenvalue weighted by Crippen LogP contribution is -2.24. The number of hydrogen-bond acceptors (Lipinski definition) is 4. The summed E-state index contributed by atoms with van der Waals surface area (Å²) in [5, 5.41) is 9.72. The number of carboxylic acid groups (broad SMARTS) is 1. The Bertz CT molecular complexity index is 726. The summed E-state index contributed by atoms with van der Waals surface area (Å²) in [6.07, 6.45) is 0. The van der Waals surface area contributed by atoms with E-state index in [-0.39, 0.29) is 11.4 Å². The maximum Gasteiger partial charge on any atom is 0.317 e. The Morgan fingerprint density at radius 2 is 2.14 bits per heavy atom. The molecule has 0 atom stereocenters. The lowest BCUT2D eigenvalue weighted by molar-refractivity contribution is -0.138. The average Bonchev–Trinajstić information content (AvgIpc) is 2.68. The Morgan fingerprint density at radius 1 is 1.43 bits per heavy atom. The van der Waals surface area contributed by atoms with Crippen LogP contribution in [0.15, 0.2) is 23.0 Å². The minimum atomic E-state index is -0.925. The van der Waals surface area contributed by atoms with Crippen molar-refractivity contribution < 1.29 is 9.90 Å². The molecule has 0 aliphatic carbocycles. The summed E-state index contributed by atoms with van der Waals surface area (Å²) in [4.78, 5) is 27.2. The molecular weight excluding hydrogens is 335 g/mol. The van der Waals surface area contributed by atoms with Crippen molar-refractivity contribution in [1.29, 1.82) is 0 Å². The van der Waals surface area contributed by atoms with E-state index in [1.807, 2.05) is 0 Å². The van der Waals surface area contributed by atoms with Gasteiger partial charge < -0.3 is 10.1 Å². The highest BCUT2D eigenvalue weighted by molar-refractivity contribution is 7.09.